The lowest BCUT2D eigenvalue weighted by molar-refractivity contribution is 0.424. The van der Waals surface area contributed by atoms with Crippen molar-refractivity contribution in [3.8, 4) is 0 Å². The van der Waals surface area contributed by atoms with Crippen LogP contribution in [0.1, 0.15) is 39.0 Å². The van der Waals surface area contributed by atoms with Crippen LogP contribution in [-0.2, 0) is 0 Å². The van der Waals surface area contributed by atoms with Crippen LogP contribution in [0.15, 0.2) is 12.1 Å². The second-order valence-corrected chi connectivity index (χ2v) is 2.69. The molecule has 0 fully saturated rings. The van der Waals surface area contributed by atoms with E-state index in [1.165, 1.54) is 25.2 Å². The van der Waals surface area contributed by atoms with Crippen molar-refractivity contribution in [3.63, 3.8) is 0 Å². The summed E-state index contributed by atoms with van der Waals surface area (Å²) in [5.41, 5.74) is 0. The van der Waals surface area contributed by atoms with E-state index in [0.717, 1.165) is 12.8 Å². The molecule has 0 aromatic rings. The summed E-state index contributed by atoms with van der Waals surface area (Å²) in [6.07, 6.45) is 7.68. The Hall–Kier alpha value is -0.275. The van der Waals surface area contributed by atoms with Gasteiger partial charge in [0, 0.05) is 0 Å². The Morgan fingerprint density at radius 2 is 1.91 bits per heavy atom. The molecule has 0 saturated heterocycles. The van der Waals surface area contributed by atoms with Gasteiger partial charge in [-0.1, -0.05) is 38.2 Å². The first-order valence-electron chi connectivity index (χ1n) is 4.30. The molecule has 0 aromatic heterocycles. The van der Waals surface area contributed by atoms with Crippen molar-refractivity contribution in [2.24, 2.45) is 0 Å². The summed E-state index contributed by atoms with van der Waals surface area (Å²) < 4.78 is 0. The zero-order valence-electron chi connectivity index (χ0n) is 7.16. The SMILES string of the molecule is CCCCCC/C=C\B(O)O. The van der Waals surface area contributed by atoms with Crippen LogP contribution in [0.2, 0.25) is 0 Å². The summed E-state index contributed by atoms with van der Waals surface area (Å²) in [6.45, 7) is 2.17. The van der Waals surface area contributed by atoms with Gasteiger partial charge in [-0.3, -0.25) is 0 Å². The molecule has 0 heterocycles. The molecule has 0 aliphatic carbocycles. The van der Waals surface area contributed by atoms with E-state index in [0.29, 0.717) is 0 Å². The molecule has 2 N–H and O–H groups in total. The highest BCUT2D eigenvalue weighted by Gasteiger charge is 1.96. The summed E-state index contributed by atoms with van der Waals surface area (Å²) in [5, 5.41) is 16.8. The van der Waals surface area contributed by atoms with E-state index in [-0.39, 0.29) is 0 Å². The lowest BCUT2D eigenvalue weighted by atomic mass is 9.91. The van der Waals surface area contributed by atoms with Gasteiger partial charge in [0.2, 0.25) is 0 Å². The van der Waals surface area contributed by atoms with E-state index < -0.39 is 7.12 Å². The minimum Gasteiger partial charge on any atom is -0.424 e. The number of hydrogen-bond donors (Lipinski definition) is 2. The van der Waals surface area contributed by atoms with E-state index in [9.17, 15) is 0 Å². The molecule has 0 radical (unpaired) electrons. The maximum atomic E-state index is 8.42. The molecular formula is C8H17BO2. The Bertz CT molecular complexity index is 102. The molecule has 0 saturated carbocycles. The van der Waals surface area contributed by atoms with Crippen molar-refractivity contribution < 1.29 is 10.0 Å². The second-order valence-electron chi connectivity index (χ2n) is 2.69. The van der Waals surface area contributed by atoms with Gasteiger partial charge in [-0.2, -0.15) is 0 Å². The highest BCUT2D eigenvalue weighted by atomic mass is 16.4. The van der Waals surface area contributed by atoms with Gasteiger partial charge in [-0.05, 0) is 12.8 Å². The fraction of sp³-hybridized carbons (Fsp3) is 0.750. The summed E-state index contributed by atoms with van der Waals surface area (Å²) in [7, 11) is -1.28. The van der Waals surface area contributed by atoms with Crippen molar-refractivity contribution in [3.05, 3.63) is 12.1 Å². The number of rotatable bonds is 6. The molecular weight excluding hydrogens is 139 g/mol. The third-order valence-electron chi connectivity index (χ3n) is 1.53. The zero-order valence-corrected chi connectivity index (χ0v) is 7.16. The largest absolute Gasteiger partial charge is 0.480 e. The number of allylic oxidation sites excluding steroid dienone is 1. The molecule has 0 spiro atoms. The molecule has 0 unspecified atom stereocenters. The molecule has 0 aromatic carbocycles. The normalized spacial score (nSPS) is 10.8. The van der Waals surface area contributed by atoms with Crippen LogP contribution in [0.3, 0.4) is 0 Å². The molecule has 11 heavy (non-hydrogen) atoms. The standard InChI is InChI=1S/C8H17BO2/c1-2-3-4-5-6-7-8-9(10)11/h7-8,10-11H,2-6H2,1H3/b8-7-. The van der Waals surface area contributed by atoms with Crippen molar-refractivity contribution in [2.75, 3.05) is 0 Å². The van der Waals surface area contributed by atoms with Gasteiger partial charge in [0.05, 0.1) is 0 Å². The maximum Gasteiger partial charge on any atom is 0.480 e. The molecule has 64 valence electrons. The predicted molar refractivity (Wildman–Crippen MR) is 48.1 cm³/mol. The first-order chi connectivity index (χ1) is 5.27. The van der Waals surface area contributed by atoms with Crippen LogP contribution in [0.25, 0.3) is 0 Å². The zero-order chi connectivity index (χ0) is 8.53. The lowest BCUT2D eigenvalue weighted by Crippen LogP contribution is -2.05. The van der Waals surface area contributed by atoms with Gasteiger partial charge >= 0.3 is 7.12 Å². The maximum absolute atomic E-state index is 8.42. The highest BCUT2D eigenvalue weighted by Crippen LogP contribution is 2.02. The van der Waals surface area contributed by atoms with Crippen molar-refractivity contribution in [1.82, 2.24) is 0 Å². The Morgan fingerprint density at radius 3 is 2.45 bits per heavy atom. The van der Waals surface area contributed by atoms with E-state index in [4.69, 9.17) is 10.0 Å². The fourth-order valence-electron chi connectivity index (χ4n) is 0.907. The van der Waals surface area contributed by atoms with Gasteiger partial charge in [0.1, 0.15) is 0 Å². The molecule has 0 amide bonds. The smallest absolute Gasteiger partial charge is 0.424 e. The van der Waals surface area contributed by atoms with Crippen LogP contribution in [-0.4, -0.2) is 17.2 Å². The quantitative estimate of drug-likeness (QED) is 0.452. The molecule has 0 bridgehead atoms. The van der Waals surface area contributed by atoms with E-state index in [1.807, 2.05) is 6.08 Å². The van der Waals surface area contributed by atoms with Gasteiger partial charge in [-0.15, -0.1) is 0 Å². The Morgan fingerprint density at radius 1 is 1.18 bits per heavy atom. The molecule has 2 nitrogen and oxygen atoms in total. The lowest BCUT2D eigenvalue weighted by Gasteiger charge is -1.93. The van der Waals surface area contributed by atoms with Crippen LogP contribution >= 0.6 is 0 Å². The highest BCUT2D eigenvalue weighted by molar-refractivity contribution is 6.47. The predicted octanol–water partition coefficient (Wildman–Crippen LogP) is 1.52. The molecule has 0 rings (SSSR count). The average Bonchev–Trinajstić information content (AvgIpc) is 1.96. The van der Waals surface area contributed by atoms with Gasteiger partial charge in [-0.25, -0.2) is 0 Å². The van der Waals surface area contributed by atoms with Gasteiger partial charge in [0.15, 0.2) is 0 Å². The topological polar surface area (TPSA) is 40.5 Å². The molecule has 0 aliphatic heterocycles. The third kappa shape index (κ3) is 9.72. The number of hydrogen-bond acceptors (Lipinski definition) is 2. The van der Waals surface area contributed by atoms with E-state index in [2.05, 4.69) is 6.92 Å². The van der Waals surface area contributed by atoms with Crippen LogP contribution < -0.4 is 0 Å². The number of unbranched alkanes of at least 4 members (excludes halogenated alkanes) is 4. The van der Waals surface area contributed by atoms with Crippen LogP contribution in [0, 0.1) is 0 Å². The van der Waals surface area contributed by atoms with Crippen molar-refractivity contribution >= 4 is 7.12 Å². The van der Waals surface area contributed by atoms with Crippen LogP contribution in [0.4, 0.5) is 0 Å². The molecule has 0 aliphatic rings. The second kappa shape index (κ2) is 7.83. The molecule has 3 heteroatoms. The van der Waals surface area contributed by atoms with Crippen molar-refractivity contribution in [2.45, 2.75) is 39.0 Å². The fourth-order valence-corrected chi connectivity index (χ4v) is 0.907. The average molecular weight is 156 g/mol. The molecule has 0 atom stereocenters. The van der Waals surface area contributed by atoms with E-state index >= 15 is 0 Å². The Balaban J connectivity index is 3.01. The summed E-state index contributed by atoms with van der Waals surface area (Å²) in [6, 6.07) is 0. The monoisotopic (exact) mass is 156 g/mol. The van der Waals surface area contributed by atoms with E-state index in [1.54, 1.807) is 0 Å². The Labute approximate surface area is 69.1 Å². The van der Waals surface area contributed by atoms with Crippen LogP contribution in [0.5, 0.6) is 0 Å². The third-order valence-corrected chi connectivity index (χ3v) is 1.53. The van der Waals surface area contributed by atoms with Gasteiger partial charge < -0.3 is 10.0 Å². The Kier molecular flexibility index (Phi) is 7.63. The first-order valence-corrected chi connectivity index (χ1v) is 4.30. The summed E-state index contributed by atoms with van der Waals surface area (Å²) >= 11 is 0. The minimum atomic E-state index is -1.28. The first kappa shape index (κ1) is 10.7. The summed E-state index contributed by atoms with van der Waals surface area (Å²) in [4.78, 5) is 0. The minimum absolute atomic E-state index is 0.956. The van der Waals surface area contributed by atoms with Gasteiger partial charge in [0.25, 0.3) is 0 Å². The van der Waals surface area contributed by atoms with Crippen molar-refractivity contribution in [1.29, 1.82) is 0 Å². The summed E-state index contributed by atoms with van der Waals surface area (Å²) in [5.74, 6) is 1.41.